The Morgan fingerprint density at radius 2 is 2.08 bits per heavy atom. The molecule has 1 aromatic heterocycles. The molecule has 140 valence electrons. The summed E-state index contributed by atoms with van der Waals surface area (Å²) in [5.41, 5.74) is 7.08. The van der Waals surface area contributed by atoms with E-state index >= 15 is 0 Å². The first kappa shape index (κ1) is 17.7. The average molecular weight is 356 g/mol. The lowest BCUT2D eigenvalue weighted by atomic mass is 9.62. The molecule has 5 atom stereocenters. The average Bonchev–Trinajstić information content (AvgIpc) is 3.23. The highest BCUT2D eigenvalue weighted by Gasteiger charge is 2.53. The van der Waals surface area contributed by atoms with Gasteiger partial charge in [-0.1, -0.05) is 26.7 Å². The van der Waals surface area contributed by atoms with Gasteiger partial charge in [0.2, 0.25) is 0 Å². The van der Waals surface area contributed by atoms with Crippen LogP contribution in [0.1, 0.15) is 69.9 Å². The number of carbonyl (C=O) groups excluding carboxylic acids is 1. The van der Waals surface area contributed by atoms with Crippen LogP contribution in [-0.2, 0) is 9.53 Å². The van der Waals surface area contributed by atoms with Gasteiger partial charge in [-0.3, -0.25) is 9.48 Å². The Labute approximate surface area is 154 Å². The third-order valence-corrected chi connectivity index (χ3v) is 6.49. The van der Waals surface area contributed by atoms with E-state index in [9.17, 15) is 10.1 Å². The van der Waals surface area contributed by atoms with Gasteiger partial charge in [-0.15, -0.1) is 0 Å². The molecule has 3 fully saturated rings. The van der Waals surface area contributed by atoms with Gasteiger partial charge < -0.3 is 10.5 Å². The topological polar surface area (TPSA) is 93.9 Å². The van der Waals surface area contributed by atoms with E-state index in [4.69, 9.17) is 10.5 Å². The zero-order valence-electron chi connectivity index (χ0n) is 15.6. The molecule has 2 saturated carbocycles. The van der Waals surface area contributed by atoms with Gasteiger partial charge in [-0.25, -0.2) is 0 Å². The quantitative estimate of drug-likeness (QED) is 0.879. The van der Waals surface area contributed by atoms with Gasteiger partial charge in [0.05, 0.1) is 36.2 Å². The predicted molar refractivity (Wildman–Crippen MR) is 95.9 cm³/mol. The fourth-order valence-electron chi connectivity index (χ4n) is 5.28. The second-order valence-corrected chi connectivity index (χ2v) is 9.05. The molecule has 4 rings (SSSR count). The lowest BCUT2D eigenvalue weighted by molar-refractivity contribution is -0.163. The summed E-state index contributed by atoms with van der Waals surface area (Å²) in [5.74, 6) is -0.860. The van der Waals surface area contributed by atoms with E-state index in [1.54, 1.807) is 0 Å². The Morgan fingerprint density at radius 3 is 2.77 bits per heavy atom. The largest absolute Gasteiger partial charge is 0.358 e. The van der Waals surface area contributed by atoms with Crippen LogP contribution in [0.4, 0.5) is 0 Å². The number of nitrogens with two attached hydrogens (primary N) is 1. The number of Topliss-reactive ketones (excluding diaryl/α,β-unsaturated/α-hetero) is 1. The zero-order valence-corrected chi connectivity index (χ0v) is 15.6. The molecule has 0 bridgehead atoms. The van der Waals surface area contributed by atoms with E-state index in [1.807, 2.05) is 17.1 Å². The fraction of sp³-hybridized carbons (Fsp3) is 0.750. The van der Waals surface area contributed by atoms with Crippen molar-refractivity contribution >= 4 is 5.78 Å². The Bertz CT molecular complexity index is 728. The van der Waals surface area contributed by atoms with Crippen molar-refractivity contribution in [3.8, 4) is 6.07 Å². The maximum Gasteiger partial charge on any atom is 0.139 e. The number of hydrogen-bond acceptors (Lipinski definition) is 5. The predicted octanol–water partition coefficient (Wildman–Crippen LogP) is 2.91. The molecule has 2 heterocycles. The molecule has 0 radical (unpaired) electrons. The summed E-state index contributed by atoms with van der Waals surface area (Å²) >= 11 is 0. The molecule has 26 heavy (non-hydrogen) atoms. The van der Waals surface area contributed by atoms with Crippen molar-refractivity contribution in [3.05, 3.63) is 18.0 Å². The Kier molecular flexibility index (Phi) is 4.40. The second-order valence-electron chi connectivity index (χ2n) is 9.05. The Balaban J connectivity index is 1.69. The van der Waals surface area contributed by atoms with Crippen molar-refractivity contribution in [2.24, 2.45) is 23.0 Å². The van der Waals surface area contributed by atoms with Crippen molar-refractivity contribution in [1.29, 1.82) is 5.26 Å². The van der Waals surface area contributed by atoms with Gasteiger partial charge in [0.1, 0.15) is 12.0 Å². The summed E-state index contributed by atoms with van der Waals surface area (Å²) in [6.07, 6.45) is 9.10. The molecule has 6 heteroatoms. The lowest BCUT2D eigenvalue weighted by Gasteiger charge is -2.48. The molecule has 2 aliphatic carbocycles. The molecule has 0 unspecified atom stereocenters. The van der Waals surface area contributed by atoms with Crippen LogP contribution in [0.3, 0.4) is 0 Å². The molecular weight excluding hydrogens is 328 g/mol. The molecule has 1 saturated heterocycles. The van der Waals surface area contributed by atoms with Crippen molar-refractivity contribution in [1.82, 2.24) is 9.78 Å². The number of ketones is 1. The summed E-state index contributed by atoms with van der Waals surface area (Å²) in [6, 6.07) is 2.76. The highest BCUT2D eigenvalue weighted by molar-refractivity contribution is 5.84. The minimum Gasteiger partial charge on any atom is -0.358 e. The van der Waals surface area contributed by atoms with E-state index in [-0.39, 0.29) is 29.1 Å². The van der Waals surface area contributed by atoms with Gasteiger partial charge in [-0.2, -0.15) is 10.4 Å². The summed E-state index contributed by atoms with van der Waals surface area (Å²) in [4.78, 5) is 13.0. The third kappa shape index (κ3) is 2.97. The summed E-state index contributed by atoms with van der Waals surface area (Å²) in [7, 11) is 0. The van der Waals surface area contributed by atoms with Gasteiger partial charge in [-0.05, 0) is 30.2 Å². The number of fused-ring (bicyclic) bond motifs is 1. The van der Waals surface area contributed by atoms with E-state index in [0.29, 0.717) is 12.5 Å². The first-order valence-corrected chi connectivity index (χ1v) is 9.77. The monoisotopic (exact) mass is 356 g/mol. The minimum absolute atomic E-state index is 0.0873. The number of rotatable bonds is 2. The summed E-state index contributed by atoms with van der Waals surface area (Å²) in [5, 5.41) is 14.3. The maximum atomic E-state index is 13.0. The van der Waals surface area contributed by atoms with Crippen LogP contribution in [0.25, 0.3) is 0 Å². The number of hydrogen-bond donors (Lipinski definition) is 1. The third-order valence-electron chi connectivity index (χ3n) is 6.49. The van der Waals surface area contributed by atoms with E-state index in [0.717, 1.165) is 24.8 Å². The SMILES string of the molecule is CC1(C)CC(=O)[C@H]2[C@@H](c3cnn(C4CCCC4)c3)[C@@H](C#N)[C@@H](N)O[C@H]2C1. The number of ether oxygens (including phenoxy) is 1. The fourth-order valence-corrected chi connectivity index (χ4v) is 5.28. The van der Waals surface area contributed by atoms with Crippen molar-refractivity contribution < 1.29 is 9.53 Å². The normalized spacial score (nSPS) is 37.3. The molecule has 6 nitrogen and oxygen atoms in total. The smallest absolute Gasteiger partial charge is 0.139 e. The van der Waals surface area contributed by atoms with Gasteiger partial charge >= 0.3 is 0 Å². The standard InChI is InChI=1S/C20H28N4O2/c1-20(2)7-15(25)18-16(8-20)26-19(22)14(9-21)17(18)12-10-23-24(11-12)13-5-3-4-6-13/h10-11,13-14,16-19H,3-8,22H2,1-2H3/t14-,16+,17+,18-,19+/m1/s1. The van der Waals surface area contributed by atoms with Crippen molar-refractivity contribution in [2.45, 2.75) is 76.7 Å². The van der Waals surface area contributed by atoms with Crippen LogP contribution in [0.2, 0.25) is 0 Å². The van der Waals surface area contributed by atoms with Crippen LogP contribution in [0, 0.1) is 28.6 Å². The Hall–Kier alpha value is -1.71. The van der Waals surface area contributed by atoms with Crippen LogP contribution in [0.5, 0.6) is 0 Å². The highest BCUT2D eigenvalue weighted by atomic mass is 16.5. The minimum atomic E-state index is -0.664. The first-order valence-electron chi connectivity index (χ1n) is 9.77. The molecule has 3 aliphatic rings. The molecular formula is C20H28N4O2. The van der Waals surface area contributed by atoms with Gasteiger partial charge in [0.25, 0.3) is 0 Å². The van der Waals surface area contributed by atoms with Crippen LogP contribution in [-0.4, -0.2) is 27.9 Å². The lowest BCUT2D eigenvalue weighted by Crippen LogP contribution is -2.56. The van der Waals surface area contributed by atoms with Crippen LogP contribution in [0.15, 0.2) is 12.4 Å². The van der Waals surface area contributed by atoms with Gasteiger partial charge in [0.15, 0.2) is 0 Å². The first-order chi connectivity index (χ1) is 12.4. The van der Waals surface area contributed by atoms with E-state index < -0.39 is 12.1 Å². The maximum absolute atomic E-state index is 13.0. The summed E-state index contributed by atoms with van der Waals surface area (Å²) in [6.45, 7) is 4.19. The number of nitrogens with zero attached hydrogens (tertiary/aromatic N) is 3. The summed E-state index contributed by atoms with van der Waals surface area (Å²) < 4.78 is 8.00. The molecule has 1 aromatic rings. The van der Waals surface area contributed by atoms with Crippen molar-refractivity contribution in [3.63, 3.8) is 0 Å². The highest BCUT2D eigenvalue weighted by Crippen LogP contribution is 2.49. The number of aromatic nitrogens is 2. The van der Waals surface area contributed by atoms with E-state index in [2.05, 4.69) is 25.0 Å². The Morgan fingerprint density at radius 1 is 1.35 bits per heavy atom. The van der Waals surface area contributed by atoms with Crippen LogP contribution >= 0.6 is 0 Å². The molecule has 0 amide bonds. The van der Waals surface area contributed by atoms with E-state index in [1.165, 1.54) is 12.8 Å². The van der Waals surface area contributed by atoms with Crippen LogP contribution < -0.4 is 5.73 Å². The second kappa shape index (κ2) is 6.47. The number of carbonyl (C=O) groups is 1. The van der Waals surface area contributed by atoms with Crippen molar-refractivity contribution in [2.75, 3.05) is 0 Å². The van der Waals surface area contributed by atoms with Gasteiger partial charge in [0, 0.05) is 18.5 Å². The molecule has 0 aromatic carbocycles. The zero-order chi connectivity index (χ0) is 18.5. The number of nitriles is 1. The molecule has 1 aliphatic heterocycles. The molecule has 2 N–H and O–H groups in total. The molecule has 0 spiro atoms.